The summed E-state index contributed by atoms with van der Waals surface area (Å²) in [6.45, 7) is 0. The fourth-order valence-corrected chi connectivity index (χ4v) is 5.63. The van der Waals surface area contributed by atoms with Gasteiger partial charge in [-0.15, -0.1) is 0 Å². The van der Waals surface area contributed by atoms with Crippen LogP contribution in [0.1, 0.15) is 38.3 Å². The van der Waals surface area contributed by atoms with Crippen LogP contribution in [0.15, 0.2) is 12.7 Å². The van der Waals surface area contributed by atoms with Crippen molar-refractivity contribution < 1.29 is 14.9 Å². The van der Waals surface area contributed by atoms with Crippen molar-refractivity contribution in [1.29, 1.82) is 0 Å². The topological polar surface area (TPSA) is 119 Å². The average Bonchev–Trinajstić information content (AvgIpc) is 3.21. The molecule has 8 nitrogen and oxygen atoms in total. The number of halogens is 1. The summed E-state index contributed by atoms with van der Waals surface area (Å²) >= 11 is 5.63. The van der Waals surface area contributed by atoms with Gasteiger partial charge in [-0.25, -0.2) is 15.0 Å². The molecule has 4 atom stereocenters. The molecule has 27 heavy (non-hydrogen) atoms. The molecule has 2 aliphatic rings. The number of nitrogens with zero attached hydrogens (tertiary/aromatic N) is 4. The molecule has 3 heterocycles. The van der Waals surface area contributed by atoms with Gasteiger partial charge in [0.25, 0.3) is 0 Å². The first kappa shape index (κ1) is 19.4. The number of aliphatic hydroxyl groups excluding tert-OH is 2. The highest BCUT2D eigenvalue weighted by Gasteiger charge is 2.44. The summed E-state index contributed by atoms with van der Waals surface area (Å²) in [4.78, 5) is 13.0. The van der Waals surface area contributed by atoms with E-state index in [1.807, 2.05) is 11.8 Å². The number of fused-ring (bicyclic) bond motifs is 1. The van der Waals surface area contributed by atoms with Gasteiger partial charge in [0.1, 0.15) is 24.1 Å². The van der Waals surface area contributed by atoms with Gasteiger partial charge in [-0.3, -0.25) is 4.57 Å². The first-order chi connectivity index (χ1) is 13.0. The number of thioether (sulfide) groups is 1. The Labute approximate surface area is 170 Å². The zero-order valence-electron chi connectivity index (χ0n) is 14.8. The second kappa shape index (κ2) is 8.20. The highest BCUT2D eigenvalue weighted by molar-refractivity contribution is 9.09. The maximum atomic E-state index is 10.5. The Balaban J connectivity index is 1.38. The molecule has 0 radical (unpaired) electrons. The van der Waals surface area contributed by atoms with Crippen LogP contribution in [0.4, 0.5) is 5.82 Å². The summed E-state index contributed by atoms with van der Waals surface area (Å²) in [6, 6.07) is 0. The number of imidazole rings is 1. The number of ether oxygens (including phenoxy) is 1. The molecule has 0 bridgehead atoms. The van der Waals surface area contributed by atoms with Crippen LogP contribution < -0.4 is 5.73 Å². The van der Waals surface area contributed by atoms with Crippen molar-refractivity contribution in [3.63, 3.8) is 0 Å². The molecule has 1 saturated heterocycles. The molecule has 2 aromatic rings. The van der Waals surface area contributed by atoms with Gasteiger partial charge in [-0.2, -0.15) is 11.8 Å². The van der Waals surface area contributed by atoms with Gasteiger partial charge in [-0.1, -0.05) is 15.9 Å². The molecule has 10 heteroatoms. The molecule has 2 fully saturated rings. The van der Waals surface area contributed by atoms with Crippen molar-refractivity contribution in [1.82, 2.24) is 19.5 Å². The highest BCUT2D eigenvalue weighted by atomic mass is 79.9. The van der Waals surface area contributed by atoms with Crippen molar-refractivity contribution in [2.45, 2.75) is 66.7 Å². The Morgan fingerprint density at radius 2 is 1.96 bits per heavy atom. The number of hydrogen-bond donors (Lipinski definition) is 3. The normalized spacial score (nSPS) is 34.3. The largest absolute Gasteiger partial charge is 0.388 e. The Kier molecular flexibility index (Phi) is 5.89. The van der Waals surface area contributed by atoms with Crippen LogP contribution in [-0.2, 0) is 4.74 Å². The summed E-state index contributed by atoms with van der Waals surface area (Å²) in [5.41, 5.74) is 6.77. The summed E-state index contributed by atoms with van der Waals surface area (Å²) in [6.07, 6.45) is 5.32. The smallest absolute Gasteiger partial charge is 0.167 e. The molecular weight excluding hydrogens is 434 g/mol. The number of nitrogen functional groups attached to an aromatic ring is 1. The number of alkyl halides is 1. The first-order valence-corrected chi connectivity index (χ1v) is 11.2. The third-order valence-corrected chi connectivity index (χ3v) is 7.69. The molecule has 1 aliphatic carbocycles. The minimum Gasteiger partial charge on any atom is -0.388 e. The third kappa shape index (κ3) is 3.95. The highest BCUT2D eigenvalue weighted by Crippen LogP contribution is 2.36. The lowest BCUT2D eigenvalue weighted by Crippen LogP contribution is -2.31. The van der Waals surface area contributed by atoms with Gasteiger partial charge in [0.05, 0.1) is 12.4 Å². The Bertz CT molecular complexity index is 785. The molecule has 148 valence electrons. The van der Waals surface area contributed by atoms with Crippen LogP contribution in [0.3, 0.4) is 0 Å². The van der Waals surface area contributed by atoms with Crippen LogP contribution >= 0.6 is 27.7 Å². The molecule has 0 aromatic carbocycles. The molecule has 2 aromatic heterocycles. The number of aromatic nitrogens is 4. The summed E-state index contributed by atoms with van der Waals surface area (Å²) < 4.78 is 7.60. The van der Waals surface area contributed by atoms with Crippen molar-refractivity contribution in [3.05, 3.63) is 12.7 Å². The molecule has 1 aliphatic heterocycles. The number of anilines is 1. The van der Waals surface area contributed by atoms with Gasteiger partial charge in [0.15, 0.2) is 17.7 Å². The lowest BCUT2D eigenvalue weighted by Gasteiger charge is -2.25. The van der Waals surface area contributed by atoms with E-state index in [1.165, 1.54) is 38.3 Å². The lowest BCUT2D eigenvalue weighted by atomic mass is 10.0. The van der Waals surface area contributed by atoms with Crippen molar-refractivity contribution >= 4 is 44.7 Å². The van der Waals surface area contributed by atoms with Gasteiger partial charge in [0, 0.05) is 10.1 Å². The van der Waals surface area contributed by atoms with E-state index < -0.39 is 24.5 Å². The van der Waals surface area contributed by atoms with Crippen molar-refractivity contribution in [2.75, 3.05) is 11.5 Å². The minimum absolute atomic E-state index is 0.276. The van der Waals surface area contributed by atoms with E-state index in [0.29, 0.717) is 27.7 Å². The second-order valence-corrected chi connectivity index (χ2v) is 9.87. The minimum atomic E-state index is -1.04. The first-order valence-electron chi connectivity index (χ1n) is 9.25. The molecule has 0 amide bonds. The summed E-state index contributed by atoms with van der Waals surface area (Å²) in [5.74, 6) is 1.18. The van der Waals surface area contributed by atoms with Crippen molar-refractivity contribution in [2.24, 2.45) is 0 Å². The molecular formula is C17H24BrN5O3S. The van der Waals surface area contributed by atoms with Gasteiger partial charge >= 0.3 is 0 Å². The van der Waals surface area contributed by atoms with Crippen LogP contribution in [-0.4, -0.2) is 63.9 Å². The van der Waals surface area contributed by atoms with Gasteiger partial charge < -0.3 is 20.7 Å². The number of rotatable bonds is 5. The number of aliphatic hydroxyl groups is 2. The predicted octanol–water partition coefficient (Wildman–Crippen LogP) is 1.86. The molecule has 4 rings (SSSR count). The van der Waals surface area contributed by atoms with E-state index in [0.717, 1.165) is 5.75 Å². The lowest BCUT2D eigenvalue weighted by molar-refractivity contribution is -0.0352. The van der Waals surface area contributed by atoms with Crippen LogP contribution in [0.25, 0.3) is 11.2 Å². The Morgan fingerprint density at radius 3 is 2.74 bits per heavy atom. The monoisotopic (exact) mass is 457 g/mol. The van der Waals surface area contributed by atoms with Gasteiger partial charge in [0.2, 0.25) is 0 Å². The van der Waals surface area contributed by atoms with E-state index in [-0.39, 0.29) is 5.82 Å². The summed E-state index contributed by atoms with van der Waals surface area (Å²) in [7, 11) is 0. The van der Waals surface area contributed by atoms with Gasteiger partial charge in [-0.05, 0) is 37.9 Å². The fourth-order valence-electron chi connectivity index (χ4n) is 3.79. The van der Waals surface area contributed by atoms with Crippen LogP contribution in [0.5, 0.6) is 0 Å². The van der Waals surface area contributed by atoms with E-state index >= 15 is 0 Å². The van der Waals surface area contributed by atoms with E-state index in [4.69, 9.17) is 10.5 Å². The molecule has 1 unspecified atom stereocenters. The summed E-state index contributed by atoms with van der Waals surface area (Å²) in [5, 5.41) is 21.6. The van der Waals surface area contributed by atoms with E-state index in [9.17, 15) is 10.2 Å². The molecule has 1 saturated carbocycles. The maximum absolute atomic E-state index is 10.5. The zero-order chi connectivity index (χ0) is 19.0. The maximum Gasteiger partial charge on any atom is 0.167 e. The number of nitrogens with two attached hydrogens (primary N) is 1. The number of hydrogen-bond acceptors (Lipinski definition) is 8. The zero-order valence-corrected chi connectivity index (χ0v) is 17.2. The fraction of sp³-hybridized carbons (Fsp3) is 0.706. The predicted molar refractivity (Wildman–Crippen MR) is 108 cm³/mol. The quantitative estimate of drug-likeness (QED) is 0.581. The third-order valence-electron chi connectivity index (χ3n) is 5.36. The van der Waals surface area contributed by atoms with Crippen LogP contribution in [0.2, 0.25) is 0 Å². The SMILES string of the molecule is Nc1ncnc2c1ncn2C1O[C@H](CCSC2CCC(Br)CC2)[C@@H](O)[C@H]1O. The average molecular weight is 458 g/mol. The molecule has 0 spiro atoms. The Hall–Kier alpha value is -0.940. The molecule has 4 N–H and O–H groups in total. The second-order valence-electron chi connectivity index (χ2n) is 7.16. The van der Waals surface area contributed by atoms with Crippen LogP contribution in [0, 0.1) is 0 Å². The van der Waals surface area contributed by atoms with E-state index in [2.05, 4.69) is 30.9 Å². The van der Waals surface area contributed by atoms with E-state index in [1.54, 1.807) is 4.57 Å². The Morgan fingerprint density at radius 1 is 1.19 bits per heavy atom. The standard InChI is InChI=1S/C17H24BrN5O3S/c18-9-1-3-10(4-2-9)27-6-5-11-13(24)14(25)17(26-11)23-8-22-12-15(19)20-7-21-16(12)23/h7-11,13-14,17,24-25H,1-6H2,(H2,19,20,21)/t9?,10?,11-,13-,14-,17?/m1/s1. The van der Waals surface area contributed by atoms with Crippen molar-refractivity contribution in [3.8, 4) is 0 Å².